The number of anilines is 1. The van der Waals surface area contributed by atoms with Crippen molar-refractivity contribution in [3.8, 4) is 11.4 Å². The Balaban J connectivity index is 2.09. The molecule has 0 saturated carbocycles. The third-order valence-electron chi connectivity index (χ3n) is 2.75. The quantitative estimate of drug-likeness (QED) is 0.761. The molecule has 5 nitrogen and oxygen atoms in total. The second-order valence-electron chi connectivity index (χ2n) is 4.21. The van der Waals surface area contributed by atoms with E-state index in [4.69, 9.17) is 0 Å². The zero-order valence-electron chi connectivity index (χ0n) is 10.4. The number of nitrogens with one attached hydrogen (secondary N) is 1. The standard InChI is InChI=1S/C14H12N4O/c1-10(19)15-12-6-4-5-11(9-12)14-17-16-13-7-2-3-8-18(13)14/h2-9H,1H3,(H,15,19). The van der Waals surface area contributed by atoms with Crippen LogP contribution in [0.4, 0.5) is 5.69 Å². The van der Waals surface area contributed by atoms with Crippen LogP contribution in [-0.2, 0) is 4.79 Å². The third-order valence-corrected chi connectivity index (χ3v) is 2.75. The predicted octanol–water partition coefficient (Wildman–Crippen LogP) is 2.35. The van der Waals surface area contributed by atoms with Crippen molar-refractivity contribution < 1.29 is 4.79 Å². The van der Waals surface area contributed by atoms with Crippen LogP contribution in [0, 0.1) is 0 Å². The van der Waals surface area contributed by atoms with E-state index in [1.807, 2.05) is 53.1 Å². The molecule has 0 atom stereocenters. The van der Waals surface area contributed by atoms with E-state index >= 15 is 0 Å². The monoisotopic (exact) mass is 252 g/mol. The lowest BCUT2D eigenvalue weighted by Gasteiger charge is -2.04. The van der Waals surface area contributed by atoms with Gasteiger partial charge in [0.15, 0.2) is 11.5 Å². The van der Waals surface area contributed by atoms with Crippen molar-refractivity contribution in [2.45, 2.75) is 6.92 Å². The maximum absolute atomic E-state index is 11.1. The summed E-state index contributed by atoms with van der Waals surface area (Å²) in [6.07, 6.45) is 1.91. The first-order valence-corrected chi connectivity index (χ1v) is 5.92. The van der Waals surface area contributed by atoms with Gasteiger partial charge in [0, 0.05) is 24.4 Å². The molecule has 0 aliphatic carbocycles. The number of pyridine rings is 1. The molecule has 94 valence electrons. The fraction of sp³-hybridized carbons (Fsp3) is 0.0714. The highest BCUT2D eigenvalue weighted by molar-refractivity contribution is 5.89. The van der Waals surface area contributed by atoms with Crippen LogP contribution in [0.3, 0.4) is 0 Å². The first-order valence-electron chi connectivity index (χ1n) is 5.92. The van der Waals surface area contributed by atoms with Gasteiger partial charge in [-0.3, -0.25) is 9.20 Å². The minimum Gasteiger partial charge on any atom is -0.326 e. The van der Waals surface area contributed by atoms with Crippen molar-refractivity contribution in [1.82, 2.24) is 14.6 Å². The molecule has 19 heavy (non-hydrogen) atoms. The van der Waals surface area contributed by atoms with Crippen molar-refractivity contribution in [2.75, 3.05) is 5.32 Å². The van der Waals surface area contributed by atoms with Gasteiger partial charge in [-0.2, -0.15) is 0 Å². The van der Waals surface area contributed by atoms with Gasteiger partial charge in [-0.05, 0) is 24.3 Å². The van der Waals surface area contributed by atoms with Crippen molar-refractivity contribution in [3.05, 3.63) is 48.7 Å². The van der Waals surface area contributed by atoms with Crippen molar-refractivity contribution in [2.24, 2.45) is 0 Å². The predicted molar refractivity (Wildman–Crippen MR) is 72.7 cm³/mol. The Morgan fingerprint density at radius 1 is 1.16 bits per heavy atom. The van der Waals surface area contributed by atoms with E-state index in [1.165, 1.54) is 6.92 Å². The highest BCUT2D eigenvalue weighted by Gasteiger charge is 2.08. The maximum Gasteiger partial charge on any atom is 0.221 e. The Kier molecular flexibility index (Phi) is 2.72. The number of benzene rings is 1. The molecule has 0 aliphatic heterocycles. The molecular weight excluding hydrogens is 240 g/mol. The maximum atomic E-state index is 11.1. The second kappa shape index (κ2) is 4.53. The SMILES string of the molecule is CC(=O)Nc1cccc(-c2nnc3ccccn23)c1. The molecule has 3 rings (SSSR count). The normalized spacial score (nSPS) is 10.6. The number of fused-ring (bicyclic) bond motifs is 1. The first kappa shape index (κ1) is 11.4. The number of carbonyl (C=O) groups excluding carboxylic acids is 1. The molecule has 0 radical (unpaired) electrons. The number of nitrogens with zero attached hydrogens (tertiary/aromatic N) is 3. The molecule has 1 amide bonds. The van der Waals surface area contributed by atoms with Crippen LogP contribution >= 0.6 is 0 Å². The van der Waals surface area contributed by atoms with E-state index in [0.717, 1.165) is 22.7 Å². The second-order valence-corrected chi connectivity index (χ2v) is 4.21. The van der Waals surface area contributed by atoms with E-state index in [9.17, 15) is 4.79 Å². The molecule has 0 fully saturated rings. The number of hydrogen-bond donors (Lipinski definition) is 1. The molecule has 0 saturated heterocycles. The summed E-state index contributed by atoms with van der Waals surface area (Å²) in [7, 11) is 0. The molecule has 0 aliphatic rings. The van der Waals surface area contributed by atoms with E-state index in [-0.39, 0.29) is 5.91 Å². The van der Waals surface area contributed by atoms with Crippen LogP contribution in [-0.4, -0.2) is 20.5 Å². The van der Waals surface area contributed by atoms with E-state index in [1.54, 1.807) is 0 Å². The van der Waals surface area contributed by atoms with Crippen LogP contribution in [0.2, 0.25) is 0 Å². The van der Waals surface area contributed by atoms with Gasteiger partial charge < -0.3 is 5.32 Å². The molecule has 1 aromatic carbocycles. The van der Waals surface area contributed by atoms with Crippen molar-refractivity contribution >= 4 is 17.2 Å². The minimum atomic E-state index is -0.0942. The Morgan fingerprint density at radius 2 is 2.05 bits per heavy atom. The highest BCUT2D eigenvalue weighted by Crippen LogP contribution is 2.21. The Labute approximate surface area is 109 Å². The fourth-order valence-corrected chi connectivity index (χ4v) is 1.98. The lowest BCUT2D eigenvalue weighted by atomic mass is 10.2. The summed E-state index contributed by atoms with van der Waals surface area (Å²) in [5.74, 6) is 0.658. The summed E-state index contributed by atoms with van der Waals surface area (Å²) in [6, 6.07) is 13.3. The van der Waals surface area contributed by atoms with Crippen LogP contribution in [0.5, 0.6) is 0 Å². The summed E-state index contributed by atoms with van der Waals surface area (Å²) in [4.78, 5) is 11.1. The largest absolute Gasteiger partial charge is 0.326 e. The molecule has 0 bridgehead atoms. The minimum absolute atomic E-state index is 0.0942. The molecular formula is C14H12N4O. The first-order chi connectivity index (χ1) is 9.24. The van der Waals surface area contributed by atoms with Crippen LogP contribution in [0.1, 0.15) is 6.92 Å². The van der Waals surface area contributed by atoms with Crippen molar-refractivity contribution in [3.63, 3.8) is 0 Å². The van der Waals surface area contributed by atoms with Crippen LogP contribution < -0.4 is 5.32 Å². The highest BCUT2D eigenvalue weighted by atomic mass is 16.1. The van der Waals surface area contributed by atoms with E-state index in [0.29, 0.717) is 0 Å². The zero-order chi connectivity index (χ0) is 13.2. The number of carbonyl (C=O) groups is 1. The van der Waals surface area contributed by atoms with Gasteiger partial charge in [0.25, 0.3) is 0 Å². The van der Waals surface area contributed by atoms with E-state index < -0.39 is 0 Å². The lowest BCUT2D eigenvalue weighted by Crippen LogP contribution is -2.05. The van der Waals surface area contributed by atoms with Gasteiger partial charge >= 0.3 is 0 Å². The molecule has 5 heteroatoms. The number of rotatable bonds is 2. The summed E-state index contributed by atoms with van der Waals surface area (Å²) in [5.41, 5.74) is 2.45. The molecule has 3 aromatic rings. The average molecular weight is 252 g/mol. The molecule has 2 aromatic heterocycles. The van der Waals surface area contributed by atoms with Crippen molar-refractivity contribution in [1.29, 1.82) is 0 Å². The van der Waals surface area contributed by atoms with Crippen LogP contribution in [0.25, 0.3) is 17.0 Å². The summed E-state index contributed by atoms with van der Waals surface area (Å²) >= 11 is 0. The van der Waals surface area contributed by atoms with Gasteiger partial charge in [-0.25, -0.2) is 0 Å². The third kappa shape index (κ3) is 2.18. The number of aromatic nitrogens is 3. The average Bonchev–Trinajstić information content (AvgIpc) is 2.82. The van der Waals surface area contributed by atoms with Crippen LogP contribution in [0.15, 0.2) is 48.7 Å². The molecule has 2 heterocycles. The fourth-order valence-electron chi connectivity index (χ4n) is 1.98. The summed E-state index contributed by atoms with van der Waals surface area (Å²) in [5, 5.41) is 11.1. The molecule has 0 unspecified atom stereocenters. The lowest BCUT2D eigenvalue weighted by molar-refractivity contribution is -0.114. The molecule has 0 spiro atoms. The number of amides is 1. The van der Waals surface area contributed by atoms with Gasteiger partial charge in [-0.15, -0.1) is 10.2 Å². The smallest absolute Gasteiger partial charge is 0.221 e. The van der Waals surface area contributed by atoms with Gasteiger partial charge in [-0.1, -0.05) is 18.2 Å². The van der Waals surface area contributed by atoms with Gasteiger partial charge in [0.05, 0.1) is 0 Å². The summed E-state index contributed by atoms with van der Waals surface area (Å²) < 4.78 is 1.91. The topological polar surface area (TPSA) is 59.3 Å². The Hall–Kier alpha value is -2.69. The zero-order valence-corrected chi connectivity index (χ0v) is 10.4. The van der Waals surface area contributed by atoms with Gasteiger partial charge in [0.2, 0.25) is 5.91 Å². The Bertz CT molecular complexity index is 748. The van der Waals surface area contributed by atoms with E-state index in [2.05, 4.69) is 15.5 Å². The Morgan fingerprint density at radius 3 is 2.89 bits per heavy atom. The number of hydrogen-bond acceptors (Lipinski definition) is 3. The summed E-state index contributed by atoms with van der Waals surface area (Å²) in [6.45, 7) is 1.49. The van der Waals surface area contributed by atoms with Gasteiger partial charge in [0.1, 0.15) is 0 Å². The molecule has 1 N–H and O–H groups in total.